The van der Waals surface area contributed by atoms with Crippen LogP contribution in [0.3, 0.4) is 0 Å². The van der Waals surface area contributed by atoms with Crippen LogP contribution < -0.4 is 25.5 Å². The molecule has 18 aromatic rings. The number of aromatic nitrogens is 5. The van der Waals surface area contributed by atoms with Gasteiger partial charge in [-0.1, -0.05) is 248 Å². The number of benzene rings is 13. The summed E-state index contributed by atoms with van der Waals surface area (Å²) in [5, 5.41) is -2.39. The summed E-state index contributed by atoms with van der Waals surface area (Å²) >= 11 is 0. The molecule has 5 aromatic heterocycles. The minimum Gasteiger partial charge on any atom is -0.457 e. The molecule has 0 amide bonds. The summed E-state index contributed by atoms with van der Waals surface area (Å²) in [5.74, 6) is -3.07. The van der Waals surface area contributed by atoms with Gasteiger partial charge in [-0.15, -0.1) is 0 Å². The van der Waals surface area contributed by atoms with Gasteiger partial charge in [-0.3, -0.25) is 9.13 Å². The average molecular weight is 1210 g/mol. The van der Waals surface area contributed by atoms with Crippen LogP contribution in [0.2, 0.25) is 0 Å². The number of furan rings is 2. The molecule has 13 aromatic carbocycles. The van der Waals surface area contributed by atoms with Crippen molar-refractivity contribution < 1.29 is 54.7 Å². The lowest BCUT2D eigenvalue weighted by Gasteiger charge is -2.41. The summed E-state index contributed by atoms with van der Waals surface area (Å²) in [7, 11) is -6.30. The van der Waals surface area contributed by atoms with Crippen LogP contribution in [0.25, 0.3) is 122 Å². The normalized spacial score (nSPS) is 17.8. The van der Waals surface area contributed by atoms with E-state index in [0.29, 0.717) is 55.7 Å². The highest BCUT2D eigenvalue weighted by Crippen LogP contribution is 2.65. The first kappa shape index (κ1) is 29.4. The number of hydrogen-bond donors (Lipinski definition) is 0. The summed E-state index contributed by atoms with van der Waals surface area (Å²) in [6.07, 6.45) is 0. The Morgan fingerprint density at radius 1 is 0.352 bits per heavy atom. The van der Waals surface area contributed by atoms with Gasteiger partial charge in [-0.25, -0.2) is 0 Å². The van der Waals surface area contributed by atoms with Crippen molar-refractivity contribution in [2.45, 2.75) is 5.41 Å². The number of rotatable bonds is 7. The van der Waals surface area contributed by atoms with Crippen LogP contribution in [0.5, 0.6) is 11.5 Å². The molecular formula is C82H49N5O3Si. The van der Waals surface area contributed by atoms with E-state index in [1.54, 1.807) is 18.2 Å². The van der Waals surface area contributed by atoms with Crippen LogP contribution in [0.4, 0.5) is 0 Å². The second-order valence-corrected chi connectivity index (χ2v) is 25.4. The molecule has 91 heavy (non-hydrogen) atoms. The quantitative estimate of drug-likeness (QED) is 0.117. The highest BCUT2D eigenvalue weighted by atomic mass is 28.3. The Labute approximate surface area is 563 Å². The van der Waals surface area contributed by atoms with Crippen LogP contribution >= 0.6 is 0 Å². The maximum atomic E-state index is 11.2. The molecule has 0 saturated heterocycles. The molecule has 0 atom stereocenters. The van der Waals surface area contributed by atoms with Gasteiger partial charge in [-0.05, 0) is 80.3 Å². The molecule has 8 nitrogen and oxygen atoms in total. The van der Waals surface area contributed by atoms with Crippen molar-refractivity contribution in [2.24, 2.45) is 0 Å². The lowest BCUT2D eigenvalue weighted by molar-refractivity contribution is 0.437. The van der Waals surface area contributed by atoms with Crippen molar-refractivity contribution >= 4 is 116 Å². The molecule has 424 valence electrons. The van der Waals surface area contributed by atoms with Crippen molar-refractivity contribution in [1.29, 1.82) is 0 Å². The SMILES string of the molecule is [2H]c1c([2H])c([2H])c([Si](c2ccc3c(c2)Oc2ccccc2C32c3ccc4c(oc5ccccc54)c3-c3c2ccc2c3oc3ccccc32)(c2c([2H])c([2H])c([2H])c([2H])c2[2H])c2c([2H])c([2H])c([2H])c(-c3nc(-n4c5c([2H])c([2H])c([2H])c([2H])c5c5c([2H])c([2H])c([2H])c([2H])c54)nc(-n4c5c([2H])c([2H])c([2H])c([2H])c5c5c([2H])c([2H])c([2H])c([2H])c54)n3)c2[2H])c([2H])c1[2H]. The van der Waals surface area contributed by atoms with E-state index in [1.165, 1.54) is 12.1 Å². The molecule has 6 heterocycles. The Morgan fingerprint density at radius 2 is 0.802 bits per heavy atom. The number of hydrogen-bond acceptors (Lipinski definition) is 6. The number of ether oxygens (including phenoxy) is 1. The minimum absolute atomic E-state index is 0.112. The Hall–Kier alpha value is -11.9. The second kappa shape index (κ2) is 18.8. The molecular weight excluding hydrogens is 1130 g/mol. The van der Waals surface area contributed by atoms with E-state index in [4.69, 9.17) is 42.2 Å². The molecule has 0 unspecified atom stereocenters. The third kappa shape index (κ3) is 6.79. The standard InChI is InChI=1S/C82H49N5O3Si/c1-3-23-51(24-4-1)91(52-25-5-2-6-26-52,53-27-21-22-50(48-53)79-83-80(86-67-35-14-7-28-55(67)56-29-8-15-36-68(56)86)85-81(84-79)87-69-37-16-9-30-57(69)58-31-10-17-38-70(58)87)54-42-45-64-74(49-54)88-73-41-20-13-34-63(73)82(64)65-46-43-61-59-32-11-18-39-71(59)89-77(61)75(65)76-66(82)47-44-62-60-33-12-19-40-72(60)90-78(62)76/h1-49H/i1D,2D,3D,4D,5D,6D,7D,8D,9D,10D,14D,15D,16D,17D,21D,22D,23D,24D,25D,26D,27D,28D,29D,30D,31D,35D,36D,37D,38D,48D. The largest absolute Gasteiger partial charge is 0.457 e. The van der Waals surface area contributed by atoms with Gasteiger partial charge >= 0.3 is 0 Å². The predicted octanol–water partition coefficient (Wildman–Crippen LogP) is 17.4. The van der Waals surface area contributed by atoms with Crippen LogP contribution in [0.1, 0.15) is 63.4 Å². The third-order valence-corrected chi connectivity index (χ3v) is 21.7. The molecule has 0 radical (unpaired) electrons. The fourth-order valence-electron chi connectivity index (χ4n) is 13.9. The summed E-state index contributed by atoms with van der Waals surface area (Å²) < 4.78 is 311. The van der Waals surface area contributed by atoms with Gasteiger partial charge in [0.2, 0.25) is 11.9 Å². The predicted molar refractivity (Wildman–Crippen MR) is 369 cm³/mol. The van der Waals surface area contributed by atoms with E-state index >= 15 is 0 Å². The minimum atomic E-state index is -6.30. The number of para-hydroxylation sites is 7. The summed E-state index contributed by atoms with van der Waals surface area (Å²) in [5.41, 5.74) is -0.00260. The Kier molecular flexibility index (Phi) is 6.07. The molecule has 0 fully saturated rings. The molecule has 0 N–H and O–H groups in total. The fourth-order valence-corrected chi connectivity index (χ4v) is 17.8. The first-order valence-electron chi connectivity index (χ1n) is 43.4. The van der Waals surface area contributed by atoms with Gasteiger partial charge in [0.1, 0.15) is 33.8 Å². The van der Waals surface area contributed by atoms with Crippen LogP contribution in [0.15, 0.2) is 305 Å². The zero-order valence-corrected chi connectivity index (χ0v) is 47.4. The van der Waals surface area contributed by atoms with E-state index in [-0.39, 0.29) is 16.7 Å². The Morgan fingerprint density at radius 3 is 1.34 bits per heavy atom. The topological polar surface area (TPSA) is 84.0 Å². The van der Waals surface area contributed by atoms with Gasteiger partial charge in [0.15, 0.2) is 13.9 Å². The highest BCUT2D eigenvalue weighted by molar-refractivity contribution is 7.20. The first-order chi connectivity index (χ1) is 57.6. The molecule has 9 heteroatoms. The lowest BCUT2D eigenvalue weighted by Crippen LogP contribution is -2.74. The smallest absolute Gasteiger partial charge is 0.240 e. The zero-order chi connectivity index (χ0) is 85.6. The van der Waals surface area contributed by atoms with Crippen molar-refractivity contribution in [1.82, 2.24) is 24.1 Å². The molecule has 0 bridgehead atoms. The van der Waals surface area contributed by atoms with Crippen LogP contribution in [-0.4, -0.2) is 32.2 Å². The number of fused-ring (bicyclic) bond motifs is 23. The molecule has 1 aliphatic carbocycles. The molecule has 1 aliphatic heterocycles. The van der Waals surface area contributed by atoms with E-state index in [9.17, 15) is 27.4 Å². The summed E-state index contributed by atoms with van der Waals surface area (Å²) in [4.78, 5) is 14.4. The van der Waals surface area contributed by atoms with Gasteiger partial charge in [0.25, 0.3) is 0 Å². The number of nitrogens with zero attached hydrogens (tertiary/aromatic N) is 5. The van der Waals surface area contributed by atoms with E-state index in [1.807, 2.05) is 84.9 Å². The molecule has 20 rings (SSSR count). The van der Waals surface area contributed by atoms with E-state index < -0.39 is 277 Å². The van der Waals surface area contributed by atoms with Gasteiger partial charge in [-0.2, -0.15) is 15.0 Å². The third-order valence-electron chi connectivity index (χ3n) is 17.5. The van der Waals surface area contributed by atoms with Crippen molar-refractivity contribution in [2.75, 3.05) is 0 Å². The second-order valence-electron chi connectivity index (χ2n) is 21.8. The highest BCUT2D eigenvalue weighted by Gasteiger charge is 2.54. The van der Waals surface area contributed by atoms with Crippen LogP contribution in [0, 0.1) is 0 Å². The van der Waals surface area contributed by atoms with Gasteiger partial charge in [0, 0.05) is 70.9 Å². The fraction of sp³-hybridized carbons (Fsp3) is 0.0122. The molecule has 2 aliphatic rings. The summed E-state index contributed by atoms with van der Waals surface area (Å²) in [6.45, 7) is 0. The monoisotopic (exact) mass is 1210 g/mol. The van der Waals surface area contributed by atoms with E-state index in [0.717, 1.165) is 30.7 Å². The first-order valence-corrected chi connectivity index (χ1v) is 30.4. The Bertz CT molecular complexity index is 7420. The van der Waals surface area contributed by atoms with Crippen molar-refractivity contribution in [3.63, 3.8) is 0 Å². The average Bonchev–Trinajstić information content (AvgIpc) is 1.51. The van der Waals surface area contributed by atoms with Gasteiger partial charge in [0.05, 0.1) is 68.6 Å². The summed E-state index contributed by atoms with van der Waals surface area (Å²) in [6, 6.07) is 3.61. The molecule has 1 spiro atoms. The molecule has 0 saturated carbocycles. The van der Waals surface area contributed by atoms with Gasteiger partial charge < -0.3 is 13.6 Å². The Balaban J connectivity index is 0.975. The van der Waals surface area contributed by atoms with Crippen molar-refractivity contribution in [3.8, 4) is 45.9 Å². The maximum absolute atomic E-state index is 11.2. The maximum Gasteiger partial charge on any atom is 0.240 e. The van der Waals surface area contributed by atoms with Crippen molar-refractivity contribution in [3.05, 3.63) is 319 Å². The van der Waals surface area contributed by atoms with E-state index in [2.05, 4.69) is 0 Å². The zero-order valence-electron chi connectivity index (χ0n) is 76.4. The van der Waals surface area contributed by atoms with Crippen LogP contribution in [-0.2, 0) is 5.41 Å². The lowest BCUT2D eigenvalue weighted by atomic mass is 9.66.